The van der Waals surface area contributed by atoms with Crippen molar-refractivity contribution in [3.8, 4) is 5.75 Å². The fraction of sp³-hybridized carbons (Fsp3) is 0.200. The molecule has 0 unspecified atom stereocenters. The van der Waals surface area contributed by atoms with Crippen LogP contribution in [0.5, 0.6) is 5.75 Å². The van der Waals surface area contributed by atoms with Crippen molar-refractivity contribution in [1.29, 1.82) is 0 Å². The number of rotatable bonds is 8. The second-order valence-electron chi connectivity index (χ2n) is 7.17. The number of nitrogens with one attached hydrogen (secondary N) is 1. The first-order valence-corrected chi connectivity index (χ1v) is 10.9. The van der Waals surface area contributed by atoms with E-state index < -0.39 is 11.5 Å². The summed E-state index contributed by atoms with van der Waals surface area (Å²) in [5.41, 5.74) is 2.30. The molecule has 0 aromatic heterocycles. The van der Waals surface area contributed by atoms with E-state index in [0.717, 1.165) is 22.2 Å². The summed E-state index contributed by atoms with van der Waals surface area (Å²) >= 11 is 3.50. The molecule has 3 aromatic rings. The maximum atomic E-state index is 13.0. The van der Waals surface area contributed by atoms with Crippen LogP contribution < -0.4 is 10.2 Å². The average Bonchev–Trinajstić information content (AvgIpc) is 2.81. The zero-order chi connectivity index (χ0) is 22.3. The van der Waals surface area contributed by atoms with E-state index in [1.165, 1.54) is 6.21 Å². The highest BCUT2D eigenvalue weighted by Gasteiger charge is 2.39. The van der Waals surface area contributed by atoms with Crippen LogP contribution >= 0.6 is 15.9 Å². The average molecular weight is 481 g/mol. The molecule has 0 spiro atoms. The summed E-state index contributed by atoms with van der Waals surface area (Å²) in [6.45, 7) is 4.08. The van der Waals surface area contributed by atoms with E-state index in [1.54, 1.807) is 48.5 Å². The van der Waals surface area contributed by atoms with Gasteiger partial charge >= 0.3 is 0 Å². The molecule has 3 aromatic carbocycles. The number of amides is 1. The van der Waals surface area contributed by atoms with Crippen LogP contribution in [0.2, 0.25) is 0 Å². The fourth-order valence-electron chi connectivity index (χ4n) is 3.03. The highest BCUT2D eigenvalue weighted by atomic mass is 79.9. The minimum Gasteiger partial charge on any atom is -0.490 e. The van der Waals surface area contributed by atoms with Crippen molar-refractivity contribution in [2.45, 2.75) is 32.0 Å². The van der Waals surface area contributed by atoms with Gasteiger partial charge in [0.2, 0.25) is 0 Å². The van der Waals surface area contributed by atoms with Crippen molar-refractivity contribution in [2.24, 2.45) is 5.10 Å². The maximum Gasteiger partial charge on any atom is 0.281 e. The summed E-state index contributed by atoms with van der Waals surface area (Å²) in [7, 11) is 0. The Morgan fingerprint density at radius 3 is 2.19 bits per heavy atom. The normalized spacial score (nSPS) is 12.5. The Kier molecular flexibility index (Phi) is 7.60. The molecule has 0 bridgehead atoms. The largest absolute Gasteiger partial charge is 0.490 e. The number of hydrogen-bond donors (Lipinski definition) is 2. The van der Waals surface area contributed by atoms with Crippen molar-refractivity contribution >= 4 is 28.1 Å². The first-order chi connectivity index (χ1) is 14.9. The molecule has 5 nitrogen and oxygen atoms in total. The van der Waals surface area contributed by atoms with Crippen LogP contribution in [0.15, 0.2) is 88.4 Å². The van der Waals surface area contributed by atoms with E-state index in [9.17, 15) is 9.90 Å². The van der Waals surface area contributed by atoms with Gasteiger partial charge in [0.15, 0.2) is 5.60 Å². The Bertz CT molecular complexity index is 1000. The fourth-order valence-corrected chi connectivity index (χ4v) is 3.52. The molecule has 0 aliphatic rings. The number of aliphatic hydroxyl groups is 1. The van der Waals surface area contributed by atoms with Crippen molar-refractivity contribution in [1.82, 2.24) is 5.43 Å². The van der Waals surface area contributed by atoms with Gasteiger partial charge in [-0.1, -0.05) is 67.6 Å². The SMILES string of the molecule is CC[C@H](C)Oc1ccc(/C=N\NC(=O)C(O)(c2ccccc2)c2ccccc2)cc1Br. The zero-order valence-corrected chi connectivity index (χ0v) is 19.0. The van der Waals surface area contributed by atoms with Gasteiger partial charge in [0.25, 0.3) is 5.91 Å². The number of hydrogen-bond acceptors (Lipinski definition) is 4. The Morgan fingerprint density at radius 1 is 1.10 bits per heavy atom. The number of carbonyl (C=O) groups excluding carboxylic acids is 1. The smallest absolute Gasteiger partial charge is 0.281 e. The third-order valence-electron chi connectivity index (χ3n) is 4.95. The van der Waals surface area contributed by atoms with Crippen LogP contribution in [-0.2, 0) is 10.4 Å². The molecule has 0 radical (unpaired) electrons. The van der Waals surface area contributed by atoms with Crippen molar-refractivity contribution in [3.63, 3.8) is 0 Å². The number of hydrazone groups is 1. The van der Waals surface area contributed by atoms with E-state index in [1.807, 2.05) is 37.3 Å². The predicted molar refractivity (Wildman–Crippen MR) is 126 cm³/mol. The molecule has 0 fully saturated rings. The van der Waals surface area contributed by atoms with E-state index >= 15 is 0 Å². The molecule has 0 aliphatic carbocycles. The highest BCUT2D eigenvalue weighted by molar-refractivity contribution is 9.10. The summed E-state index contributed by atoms with van der Waals surface area (Å²) in [6, 6.07) is 23.2. The van der Waals surface area contributed by atoms with Crippen LogP contribution in [0.25, 0.3) is 0 Å². The molecule has 1 atom stereocenters. The van der Waals surface area contributed by atoms with Crippen molar-refractivity contribution in [3.05, 3.63) is 100 Å². The predicted octanol–water partition coefficient (Wildman–Crippen LogP) is 5.01. The number of nitrogens with zero attached hydrogens (tertiary/aromatic N) is 1. The van der Waals surface area contributed by atoms with Gasteiger partial charge in [-0.05, 0) is 64.2 Å². The lowest BCUT2D eigenvalue weighted by molar-refractivity contribution is -0.136. The molecule has 6 heteroatoms. The van der Waals surface area contributed by atoms with Crippen molar-refractivity contribution in [2.75, 3.05) is 0 Å². The lowest BCUT2D eigenvalue weighted by Gasteiger charge is -2.27. The standard InChI is InChI=1S/C25H25BrN2O3/c1-3-18(2)31-23-15-14-19(16-22(23)26)17-27-28-24(29)25(30,20-10-6-4-7-11-20)21-12-8-5-9-13-21/h4-18,30H,3H2,1-2H3,(H,28,29)/b27-17-/t18-/m0/s1. The van der Waals surface area contributed by atoms with Gasteiger partial charge in [-0.15, -0.1) is 0 Å². The second-order valence-corrected chi connectivity index (χ2v) is 8.02. The van der Waals surface area contributed by atoms with Crippen LogP contribution in [-0.4, -0.2) is 23.3 Å². The molecular weight excluding hydrogens is 456 g/mol. The third-order valence-corrected chi connectivity index (χ3v) is 5.57. The van der Waals surface area contributed by atoms with Gasteiger partial charge in [-0.2, -0.15) is 5.10 Å². The number of benzene rings is 3. The van der Waals surface area contributed by atoms with E-state index in [2.05, 4.69) is 33.4 Å². The zero-order valence-electron chi connectivity index (χ0n) is 17.5. The van der Waals surface area contributed by atoms with Gasteiger partial charge in [-0.3, -0.25) is 4.79 Å². The van der Waals surface area contributed by atoms with E-state index in [4.69, 9.17) is 4.74 Å². The van der Waals surface area contributed by atoms with Gasteiger partial charge in [0.05, 0.1) is 16.8 Å². The summed E-state index contributed by atoms with van der Waals surface area (Å²) < 4.78 is 6.64. The Morgan fingerprint density at radius 2 is 1.68 bits per heavy atom. The minimum absolute atomic E-state index is 0.115. The quantitative estimate of drug-likeness (QED) is 0.351. The molecule has 31 heavy (non-hydrogen) atoms. The Hall–Kier alpha value is -2.96. The molecule has 0 saturated carbocycles. The molecular formula is C25H25BrN2O3. The molecule has 0 saturated heterocycles. The third kappa shape index (κ3) is 5.40. The van der Waals surface area contributed by atoms with Gasteiger partial charge in [-0.25, -0.2) is 5.43 Å². The van der Waals surface area contributed by atoms with E-state index in [-0.39, 0.29) is 6.10 Å². The molecule has 0 aliphatic heterocycles. The summed E-state index contributed by atoms with van der Waals surface area (Å²) in [5.74, 6) is 0.106. The molecule has 0 heterocycles. The van der Waals surface area contributed by atoms with Crippen LogP contribution in [0.4, 0.5) is 0 Å². The van der Waals surface area contributed by atoms with Gasteiger partial charge in [0.1, 0.15) is 5.75 Å². The second kappa shape index (κ2) is 10.4. The summed E-state index contributed by atoms with van der Waals surface area (Å²) in [4.78, 5) is 13.0. The Balaban J connectivity index is 1.79. The van der Waals surface area contributed by atoms with Crippen LogP contribution in [0.1, 0.15) is 37.0 Å². The van der Waals surface area contributed by atoms with Crippen molar-refractivity contribution < 1.29 is 14.6 Å². The van der Waals surface area contributed by atoms with Crippen LogP contribution in [0.3, 0.4) is 0 Å². The summed E-state index contributed by atoms with van der Waals surface area (Å²) in [6.07, 6.45) is 2.54. The lowest BCUT2D eigenvalue weighted by Crippen LogP contribution is -2.43. The number of ether oxygens (including phenoxy) is 1. The molecule has 1 amide bonds. The monoisotopic (exact) mass is 480 g/mol. The molecule has 2 N–H and O–H groups in total. The topological polar surface area (TPSA) is 70.9 Å². The molecule has 160 valence electrons. The number of halogens is 1. The first-order valence-electron chi connectivity index (χ1n) is 10.1. The maximum absolute atomic E-state index is 13.0. The van der Waals surface area contributed by atoms with Crippen LogP contribution in [0, 0.1) is 0 Å². The minimum atomic E-state index is -1.87. The Labute approximate surface area is 190 Å². The summed E-state index contributed by atoms with van der Waals surface area (Å²) in [5, 5.41) is 15.5. The molecule has 3 rings (SSSR count). The first kappa shape index (κ1) is 22.7. The lowest BCUT2D eigenvalue weighted by atomic mass is 9.85. The van der Waals surface area contributed by atoms with Gasteiger partial charge < -0.3 is 9.84 Å². The number of carbonyl (C=O) groups is 1. The van der Waals surface area contributed by atoms with E-state index in [0.29, 0.717) is 11.1 Å². The highest BCUT2D eigenvalue weighted by Crippen LogP contribution is 2.30. The van der Waals surface area contributed by atoms with Gasteiger partial charge in [0, 0.05) is 0 Å².